The molecule has 2 aliphatic heterocycles. The standard InChI is InChI=1S/C17H21N5O2/c23-17(22-6-5-14-3-1-2-4-16(14)22)11-20-7-8-24-15(9-20)10-21-13-18-12-19-21/h1-4,12-13,15H,5-11H2/t15-/m0/s1. The Morgan fingerprint density at radius 3 is 3.08 bits per heavy atom. The third-order valence-corrected chi connectivity index (χ3v) is 4.63. The van der Waals surface area contributed by atoms with Crippen molar-refractivity contribution in [2.75, 3.05) is 37.7 Å². The van der Waals surface area contributed by atoms with Crippen molar-refractivity contribution in [1.82, 2.24) is 19.7 Å². The van der Waals surface area contributed by atoms with Crippen LogP contribution in [0.3, 0.4) is 0 Å². The van der Waals surface area contributed by atoms with Gasteiger partial charge in [-0.1, -0.05) is 18.2 Å². The molecule has 1 saturated heterocycles. The fourth-order valence-corrected chi connectivity index (χ4v) is 3.44. The third kappa shape index (κ3) is 3.18. The van der Waals surface area contributed by atoms with Crippen molar-refractivity contribution in [3.05, 3.63) is 42.5 Å². The fraction of sp³-hybridized carbons (Fsp3) is 0.471. The summed E-state index contributed by atoms with van der Waals surface area (Å²) >= 11 is 0. The van der Waals surface area contributed by atoms with Crippen LogP contribution in [0.5, 0.6) is 0 Å². The number of ether oxygens (including phenoxy) is 1. The highest BCUT2D eigenvalue weighted by atomic mass is 16.5. The van der Waals surface area contributed by atoms with Crippen LogP contribution in [0.25, 0.3) is 0 Å². The summed E-state index contributed by atoms with van der Waals surface area (Å²) < 4.78 is 7.56. The van der Waals surface area contributed by atoms with Gasteiger partial charge in [0.25, 0.3) is 0 Å². The Balaban J connectivity index is 1.36. The van der Waals surface area contributed by atoms with Crippen LogP contribution in [0.4, 0.5) is 5.69 Å². The van der Waals surface area contributed by atoms with Crippen molar-refractivity contribution in [2.24, 2.45) is 0 Å². The zero-order valence-corrected chi connectivity index (χ0v) is 13.5. The quantitative estimate of drug-likeness (QED) is 0.821. The highest BCUT2D eigenvalue weighted by molar-refractivity contribution is 5.96. The molecule has 2 aliphatic rings. The first-order valence-corrected chi connectivity index (χ1v) is 8.34. The molecule has 0 aliphatic carbocycles. The van der Waals surface area contributed by atoms with Crippen LogP contribution >= 0.6 is 0 Å². The van der Waals surface area contributed by atoms with Gasteiger partial charge in [-0.3, -0.25) is 14.4 Å². The number of morpholine rings is 1. The summed E-state index contributed by atoms with van der Waals surface area (Å²) in [5.41, 5.74) is 2.33. The van der Waals surface area contributed by atoms with Gasteiger partial charge in [0.15, 0.2) is 0 Å². The van der Waals surface area contributed by atoms with Gasteiger partial charge in [0.1, 0.15) is 12.7 Å². The number of hydrogen-bond acceptors (Lipinski definition) is 5. The van der Waals surface area contributed by atoms with Gasteiger partial charge in [0, 0.05) is 25.3 Å². The lowest BCUT2D eigenvalue weighted by atomic mass is 10.2. The van der Waals surface area contributed by atoms with Gasteiger partial charge < -0.3 is 9.64 Å². The van der Waals surface area contributed by atoms with Gasteiger partial charge in [-0.25, -0.2) is 4.98 Å². The molecule has 7 heteroatoms. The number of nitrogens with zero attached hydrogens (tertiary/aromatic N) is 5. The average Bonchev–Trinajstić information content (AvgIpc) is 3.24. The molecule has 1 aromatic heterocycles. The van der Waals surface area contributed by atoms with E-state index in [9.17, 15) is 4.79 Å². The van der Waals surface area contributed by atoms with E-state index in [1.807, 2.05) is 23.1 Å². The maximum atomic E-state index is 12.7. The molecule has 1 amide bonds. The molecule has 1 aromatic carbocycles. The summed E-state index contributed by atoms with van der Waals surface area (Å²) in [7, 11) is 0. The molecule has 4 rings (SSSR count). The summed E-state index contributed by atoms with van der Waals surface area (Å²) in [6.45, 7) is 4.05. The van der Waals surface area contributed by atoms with E-state index in [2.05, 4.69) is 21.0 Å². The Kier molecular flexibility index (Phi) is 4.27. The van der Waals surface area contributed by atoms with Crippen LogP contribution in [0, 0.1) is 0 Å². The smallest absolute Gasteiger partial charge is 0.241 e. The summed E-state index contributed by atoms with van der Waals surface area (Å²) in [6, 6.07) is 8.16. The number of amides is 1. The maximum Gasteiger partial charge on any atom is 0.241 e. The van der Waals surface area contributed by atoms with Gasteiger partial charge in [0.05, 0.1) is 25.8 Å². The van der Waals surface area contributed by atoms with Crippen molar-refractivity contribution in [3.8, 4) is 0 Å². The number of hydrogen-bond donors (Lipinski definition) is 0. The van der Waals surface area contributed by atoms with Crippen molar-refractivity contribution in [1.29, 1.82) is 0 Å². The van der Waals surface area contributed by atoms with Gasteiger partial charge in [0.2, 0.25) is 5.91 Å². The first kappa shape index (κ1) is 15.3. The molecule has 0 N–H and O–H groups in total. The van der Waals surface area contributed by atoms with Crippen LogP contribution in [-0.2, 0) is 22.5 Å². The van der Waals surface area contributed by atoms with Crippen LogP contribution in [0.1, 0.15) is 5.56 Å². The molecule has 0 radical (unpaired) electrons. The van der Waals surface area contributed by atoms with E-state index in [1.165, 1.54) is 11.9 Å². The van der Waals surface area contributed by atoms with Gasteiger partial charge in [-0.15, -0.1) is 0 Å². The van der Waals surface area contributed by atoms with E-state index in [0.717, 1.165) is 31.7 Å². The van der Waals surface area contributed by atoms with Gasteiger partial charge in [-0.05, 0) is 18.1 Å². The number of carbonyl (C=O) groups excluding carboxylic acids is 1. The zero-order chi connectivity index (χ0) is 16.4. The summed E-state index contributed by atoms with van der Waals surface area (Å²) in [4.78, 5) is 20.8. The van der Waals surface area contributed by atoms with E-state index in [0.29, 0.717) is 19.7 Å². The van der Waals surface area contributed by atoms with E-state index in [4.69, 9.17) is 4.74 Å². The molecular formula is C17H21N5O2. The molecule has 0 bridgehead atoms. The Bertz CT molecular complexity index is 703. The number of para-hydroxylation sites is 1. The van der Waals surface area contributed by atoms with Crippen LogP contribution in [0.2, 0.25) is 0 Å². The van der Waals surface area contributed by atoms with Crippen molar-refractivity contribution >= 4 is 11.6 Å². The van der Waals surface area contributed by atoms with Crippen molar-refractivity contribution in [3.63, 3.8) is 0 Å². The number of fused-ring (bicyclic) bond motifs is 1. The van der Waals surface area contributed by atoms with E-state index < -0.39 is 0 Å². The van der Waals surface area contributed by atoms with Crippen molar-refractivity contribution in [2.45, 2.75) is 19.1 Å². The minimum Gasteiger partial charge on any atom is -0.374 e. The number of benzene rings is 1. The molecule has 7 nitrogen and oxygen atoms in total. The van der Waals surface area contributed by atoms with Crippen LogP contribution in [0.15, 0.2) is 36.9 Å². The topological polar surface area (TPSA) is 63.5 Å². The maximum absolute atomic E-state index is 12.7. The second-order valence-electron chi connectivity index (χ2n) is 6.27. The molecule has 0 unspecified atom stereocenters. The predicted molar refractivity (Wildman–Crippen MR) is 88.7 cm³/mol. The van der Waals surface area contributed by atoms with Crippen molar-refractivity contribution < 1.29 is 9.53 Å². The largest absolute Gasteiger partial charge is 0.374 e. The molecule has 1 fully saturated rings. The number of carbonyl (C=O) groups is 1. The SMILES string of the molecule is O=C(CN1CCO[C@H](Cn2cncn2)C1)N1CCc2ccccc21. The Hall–Kier alpha value is -2.25. The lowest BCUT2D eigenvalue weighted by Crippen LogP contribution is -2.48. The van der Waals surface area contributed by atoms with Gasteiger partial charge >= 0.3 is 0 Å². The minimum absolute atomic E-state index is 0.0408. The highest BCUT2D eigenvalue weighted by Gasteiger charge is 2.28. The monoisotopic (exact) mass is 327 g/mol. The third-order valence-electron chi connectivity index (χ3n) is 4.63. The molecule has 24 heavy (non-hydrogen) atoms. The lowest BCUT2D eigenvalue weighted by molar-refractivity contribution is -0.121. The minimum atomic E-state index is 0.0408. The Morgan fingerprint density at radius 1 is 1.29 bits per heavy atom. The highest BCUT2D eigenvalue weighted by Crippen LogP contribution is 2.27. The number of aromatic nitrogens is 3. The molecule has 0 saturated carbocycles. The molecule has 3 heterocycles. The lowest BCUT2D eigenvalue weighted by Gasteiger charge is -2.33. The second-order valence-corrected chi connectivity index (χ2v) is 6.27. The van der Waals surface area contributed by atoms with Gasteiger partial charge in [-0.2, -0.15) is 5.10 Å². The van der Waals surface area contributed by atoms with Crippen LogP contribution < -0.4 is 4.90 Å². The first-order chi connectivity index (χ1) is 11.8. The summed E-state index contributed by atoms with van der Waals surface area (Å²) in [6.07, 6.45) is 4.20. The molecular weight excluding hydrogens is 306 g/mol. The predicted octanol–water partition coefficient (Wildman–Crippen LogP) is 0.568. The summed E-state index contributed by atoms with van der Waals surface area (Å²) in [5, 5.41) is 4.12. The van der Waals surface area contributed by atoms with Crippen LogP contribution in [-0.4, -0.2) is 64.5 Å². The fourth-order valence-electron chi connectivity index (χ4n) is 3.44. The normalized spacial score (nSPS) is 21.0. The Labute approximate surface area is 140 Å². The average molecular weight is 327 g/mol. The summed E-state index contributed by atoms with van der Waals surface area (Å²) in [5.74, 6) is 0.168. The number of anilines is 1. The zero-order valence-electron chi connectivity index (χ0n) is 13.5. The van der Waals surface area contributed by atoms with E-state index in [1.54, 1.807) is 11.0 Å². The Morgan fingerprint density at radius 2 is 2.21 bits per heavy atom. The van der Waals surface area contributed by atoms with E-state index >= 15 is 0 Å². The first-order valence-electron chi connectivity index (χ1n) is 8.34. The number of rotatable bonds is 4. The molecule has 126 valence electrons. The van der Waals surface area contributed by atoms with E-state index in [-0.39, 0.29) is 12.0 Å². The molecule has 1 atom stereocenters. The molecule has 2 aromatic rings. The molecule has 0 spiro atoms. The second kappa shape index (κ2) is 6.70.